The predicted molar refractivity (Wildman–Crippen MR) is 147 cm³/mol. The zero-order valence-corrected chi connectivity index (χ0v) is 22.0. The summed E-state index contributed by atoms with van der Waals surface area (Å²) in [5.74, 6) is -0.118. The number of halogens is 2. The van der Waals surface area contributed by atoms with Gasteiger partial charge in [-0.3, -0.25) is 14.2 Å². The Bertz CT molecular complexity index is 1670. The summed E-state index contributed by atoms with van der Waals surface area (Å²) in [5.41, 5.74) is 4.02. The van der Waals surface area contributed by atoms with Crippen LogP contribution in [0.25, 0.3) is 28.0 Å². The van der Waals surface area contributed by atoms with Gasteiger partial charge in [-0.05, 0) is 76.9 Å². The number of carbonyl (C=O) groups is 2. The monoisotopic (exact) mass is 588 g/mol. The van der Waals surface area contributed by atoms with E-state index in [0.29, 0.717) is 40.9 Å². The number of aromatic nitrogens is 2. The van der Waals surface area contributed by atoms with Gasteiger partial charge in [-0.1, -0.05) is 44.2 Å². The van der Waals surface area contributed by atoms with Crippen LogP contribution in [0.1, 0.15) is 52.2 Å². The molecule has 0 saturated heterocycles. The lowest BCUT2D eigenvalue weighted by atomic mass is 9.72. The van der Waals surface area contributed by atoms with Crippen LogP contribution in [0.15, 0.2) is 72.8 Å². The van der Waals surface area contributed by atoms with Crippen molar-refractivity contribution in [1.82, 2.24) is 9.55 Å². The van der Waals surface area contributed by atoms with Crippen LogP contribution in [0.3, 0.4) is 0 Å². The van der Waals surface area contributed by atoms with Crippen LogP contribution in [0.2, 0.25) is 0 Å². The van der Waals surface area contributed by atoms with E-state index in [1.807, 2.05) is 48.5 Å². The minimum absolute atomic E-state index is 0.0569. The molecule has 0 N–H and O–H groups in total. The second-order valence-electron chi connectivity index (χ2n) is 10.1. The summed E-state index contributed by atoms with van der Waals surface area (Å²) in [6, 6.07) is 21.2. The normalized spacial score (nSPS) is 14.8. The summed E-state index contributed by atoms with van der Waals surface area (Å²) in [6.07, 6.45) is 0.953. The van der Waals surface area contributed by atoms with E-state index in [4.69, 9.17) is 4.98 Å². The number of Topliss-reactive ketones (excluding diaryl/α,β-unsaturated/α-hetero) is 1. The van der Waals surface area contributed by atoms with Crippen LogP contribution in [0.5, 0.6) is 0 Å². The molecule has 0 radical (unpaired) electrons. The summed E-state index contributed by atoms with van der Waals surface area (Å²) < 4.78 is 16.8. The van der Waals surface area contributed by atoms with Gasteiger partial charge in [0.15, 0.2) is 11.6 Å². The van der Waals surface area contributed by atoms with Crippen molar-refractivity contribution in [2.75, 3.05) is 0 Å². The first kappa shape index (κ1) is 23.0. The van der Waals surface area contributed by atoms with Crippen molar-refractivity contribution >= 4 is 45.1 Å². The maximum atomic E-state index is 14.1. The van der Waals surface area contributed by atoms with E-state index in [1.165, 1.54) is 24.3 Å². The molecule has 0 spiro atoms. The lowest BCUT2D eigenvalue weighted by Gasteiger charge is -2.35. The maximum Gasteiger partial charge on any atom is 0.194 e. The highest BCUT2D eigenvalue weighted by Gasteiger charge is 2.40. The number of hydrogen-bond acceptors (Lipinski definition) is 3. The van der Waals surface area contributed by atoms with Gasteiger partial charge in [0.1, 0.15) is 11.6 Å². The van der Waals surface area contributed by atoms with E-state index in [0.717, 1.165) is 25.9 Å². The average Bonchev–Trinajstić information content (AvgIpc) is 3.22. The number of ketones is 2. The number of rotatable bonds is 3. The van der Waals surface area contributed by atoms with Gasteiger partial charge in [0.05, 0.1) is 11.2 Å². The van der Waals surface area contributed by atoms with Crippen molar-refractivity contribution in [2.45, 2.75) is 26.7 Å². The van der Waals surface area contributed by atoms with E-state index in [2.05, 4.69) is 41.0 Å². The molecule has 3 aliphatic rings. The smallest absolute Gasteiger partial charge is 0.194 e. The van der Waals surface area contributed by atoms with Gasteiger partial charge in [-0.2, -0.15) is 0 Å². The van der Waals surface area contributed by atoms with Crippen LogP contribution >= 0.6 is 22.6 Å². The number of benzene rings is 3. The van der Waals surface area contributed by atoms with Gasteiger partial charge in [0, 0.05) is 43.3 Å². The third kappa shape index (κ3) is 3.58. The Hall–Kier alpha value is -3.39. The van der Waals surface area contributed by atoms with Crippen LogP contribution in [-0.4, -0.2) is 21.1 Å². The van der Waals surface area contributed by atoms with Gasteiger partial charge in [-0.25, -0.2) is 9.37 Å². The highest BCUT2D eigenvalue weighted by atomic mass is 127. The lowest BCUT2D eigenvalue weighted by Crippen LogP contribution is -2.33. The minimum atomic E-state index is -0.415. The van der Waals surface area contributed by atoms with Crippen molar-refractivity contribution in [3.63, 3.8) is 0 Å². The van der Waals surface area contributed by atoms with Crippen molar-refractivity contribution in [3.8, 4) is 17.1 Å². The summed E-state index contributed by atoms with van der Waals surface area (Å²) in [6.45, 7) is 4.16. The number of fused-ring (bicyclic) bond motifs is 4. The molecule has 1 aliphatic carbocycles. The van der Waals surface area contributed by atoms with Gasteiger partial charge >= 0.3 is 0 Å². The fourth-order valence-corrected chi connectivity index (χ4v) is 5.99. The molecule has 2 heterocycles. The molecule has 6 rings (SSSR count). The van der Waals surface area contributed by atoms with Gasteiger partial charge in [-0.15, -0.1) is 0 Å². The van der Waals surface area contributed by atoms with Gasteiger partial charge in [0.25, 0.3) is 0 Å². The molecule has 0 aromatic heterocycles. The van der Waals surface area contributed by atoms with Gasteiger partial charge in [0.2, 0.25) is 0 Å². The number of para-hydroxylation sites is 2. The van der Waals surface area contributed by atoms with Gasteiger partial charge < -0.3 is 0 Å². The zero-order valence-electron chi connectivity index (χ0n) is 19.8. The molecular formula is C30H22FIN2O2. The SMILES string of the molecule is CC1(C)CC(=O)c2c(C(=O)c3ccc(F)cc3)c3c4ccccc4nc-3n(-c3ccccc3I)c2C1. The molecule has 2 aliphatic heterocycles. The lowest BCUT2D eigenvalue weighted by molar-refractivity contribution is 0.0899. The highest BCUT2D eigenvalue weighted by molar-refractivity contribution is 14.1. The number of nitrogens with zero attached hydrogens (tertiary/aromatic N) is 2. The molecule has 0 fully saturated rings. The van der Waals surface area contributed by atoms with Crippen molar-refractivity contribution < 1.29 is 14.0 Å². The largest absolute Gasteiger partial charge is 0.296 e. The highest BCUT2D eigenvalue weighted by Crippen LogP contribution is 2.46. The number of carbonyl (C=O) groups excluding carboxylic acids is 2. The number of hydrogen-bond donors (Lipinski definition) is 0. The molecule has 4 nitrogen and oxygen atoms in total. The molecule has 3 aromatic carbocycles. The summed E-state index contributed by atoms with van der Waals surface area (Å²) in [7, 11) is 0. The summed E-state index contributed by atoms with van der Waals surface area (Å²) in [4.78, 5) is 32.9. The molecule has 0 amide bonds. The fraction of sp³-hybridized carbons (Fsp3) is 0.167. The third-order valence-corrected chi connectivity index (χ3v) is 7.80. The quantitative estimate of drug-likeness (QED) is 0.165. The van der Waals surface area contributed by atoms with E-state index >= 15 is 0 Å². The standard InChI is InChI=1S/C30H22FIN2O2/c1-30(2)15-23-26(24(35)16-30)27(28(36)17-11-13-18(31)14-12-17)25-19-7-3-5-9-21(19)33-29(25)34(23)22-10-6-4-8-20(22)32/h3-14H,15-16H2,1-2H3. The zero-order chi connectivity index (χ0) is 25.2. The maximum absolute atomic E-state index is 14.1. The second kappa shape index (κ2) is 8.34. The first-order valence-corrected chi connectivity index (χ1v) is 12.9. The Kier molecular flexibility index (Phi) is 5.33. The van der Waals surface area contributed by atoms with E-state index in [-0.39, 0.29) is 17.0 Å². The van der Waals surface area contributed by atoms with Crippen LogP contribution in [0, 0.1) is 14.8 Å². The molecule has 36 heavy (non-hydrogen) atoms. The first-order valence-electron chi connectivity index (χ1n) is 11.8. The average molecular weight is 588 g/mol. The first-order chi connectivity index (χ1) is 17.2. The Morgan fingerprint density at radius 2 is 1.64 bits per heavy atom. The third-order valence-electron chi connectivity index (χ3n) is 6.88. The van der Waals surface area contributed by atoms with Crippen LogP contribution < -0.4 is 0 Å². The van der Waals surface area contributed by atoms with E-state index in [1.54, 1.807) is 0 Å². The molecule has 6 heteroatoms. The predicted octanol–water partition coefficient (Wildman–Crippen LogP) is 7.26. The summed E-state index contributed by atoms with van der Waals surface area (Å²) >= 11 is 2.30. The molecule has 178 valence electrons. The number of pyridine rings is 1. The topological polar surface area (TPSA) is 52.0 Å². The van der Waals surface area contributed by atoms with Crippen molar-refractivity contribution in [2.24, 2.45) is 5.41 Å². The van der Waals surface area contributed by atoms with Crippen molar-refractivity contribution in [1.29, 1.82) is 0 Å². The van der Waals surface area contributed by atoms with E-state index in [9.17, 15) is 14.0 Å². The molecule has 0 bridgehead atoms. The Labute approximate surface area is 221 Å². The molecule has 3 aromatic rings. The fourth-order valence-electron chi connectivity index (χ4n) is 5.36. The van der Waals surface area contributed by atoms with Crippen molar-refractivity contribution in [3.05, 3.63) is 105 Å². The molecule has 0 unspecified atom stereocenters. The second-order valence-corrected chi connectivity index (χ2v) is 11.3. The van der Waals surface area contributed by atoms with Crippen LogP contribution in [0.4, 0.5) is 4.39 Å². The minimum Gasteiger partial charge on any atom is -0.296 e. The summed E-state index contributed by atoms with van der Waals surface area (Å²) in [5, 5.41) is 0.818. The Morgan fingerprint density at radius 1 is 0.944 bits per heavy atom. The molecule has 0 atom stereocenters. The molecule has 0 saturated carbocycles. The Balaban J connectivity index is 1.81. The Morgan fingerprint density at radius 3 is 2.39 bits per heavy atom. The van der Waals surface area contributed by atoms with E-state index < -0.39 is 5.82 Å². The van der Waals surface area contributed by atoms with Crippen LogP contribution in [-0.2, 0) is 6.42 Å². The molecular weight excluding hydrogens is 566 g/mol.